The number of aromatic amines is 1. The molecule has 0 aliphatic carbocycles. The van der Waals surface area contributed by atoms with Crippen LogP contribution in [0.4, 0.5) is 5.69 Å². The van der Waals surface area contributed by atoms with Crippen LogP contribution in [0.1, 0.15) is 24.2 Å². The number of non-ortho nitro benzene ring substituents is 1. The van der Waals surface area contributed by atoms with Crippen LogP contribution in [0.3, 0.4) is 0 Å². The van der Waals surface area contributed by atoms with E-state index in [2.05, 4.69) is 15.4 Å². The highest BCUT2D eigenvalue weighted by molar-refractivity contribution is 7.91. The standard InChI is InChI=1S/C15H14N4O4S/c1-2-13(24(22,23)10-6-4-3-5-7-10)11-8-9-12(19(20)21)15-14(11)16-18-17-15/h3-9,13H,2H2,1H3,(H,16,17,18). The van der Waals surface area contributed by atoms with Crippen LogP contribution in [0.15, 0.2) is 47.4 Å². The molecule has 9 heteroatoms. The SMILES string of the molecule is CCC(c1ccc([N+](=O)[O-])c2n[nH]nc12)S(=O)(=O)c1ccccc1. The van der Waals surface area contributed by atoms with E-state index >= 15 is 0 Å². The average Bonchev–Trinajstić information content (AvgIpc) is 3.05. The lowest BCUT2D eigenvalue weighted by Gasteiger charge is -2.16. The molecule has 24 heavy (non-hydrogen) atoms. The van der Waals surface area contributed by atoms with Crippen molar-refractivity contribution in [3.05, 3.63) is 58.1 Å². The maximum atomic E-state index is 13.0. The first-order valence-electron chi connectivity index (χ1n) is 7.23. The van der Waals surface area contributed by atoms with Crippen molar-refractivity contribution in [3.63, 3.8) is 0 Å². The third-order valence-electron chi connectivity index (χ3n) is 3.85. The third-order valence-corrected chi connectivity index (χ3v) is 6.11. The van der Waals surface area contributed by atoms with E-state index in [1.807, 2.05) is 0 Å². The predicted octanol–water partition coefficient (Wildman–Crippen LogP) is 2.79. The molecule has 0 aliphatic heterocycles. The van der Waals surface area contributed by atoms with E-state index in [0.717, 1.165) is 0 Å². The Morgan fingerprint density at radius 3 is 2.42 bits per heavy atom. The predicted molar refractivity (Wildman–Crippen MR) is 87.2 cm³/mol. The van der Waals surface area contributed by atoms with Gasteiger partial charge in [0.15, 0.2) is 15.4 Å². The number of H-pyrrole nitrogens is 1. The van der Waals surface area contributed by atoms with Crippen LogP contribution in [-0.4, -0.2) is 28.8 Å². The lowest BCUT2D eigenvalue weighted by Crippen LogP contribution is -2.14. The van der Waals surface area contributed by atoms with E-state index in [1.165, 1.54) is 24.3 Å². The van der Waals surface area contributed by atoms with Gasteiger partial charge < -0.3 is 0 Å². The molecule has 0 bridgehead atoms. The lowest BCUT2D eigenvalue weighted by molar-refractivity contribution is -0.383. The summed E-state index contributed by atoms with van der Waals surface area (Å²) in [7, 11) is -3.66. The molecule has 0 saturated heterocycles. The normalized spacial score (nSPS) is 13.0. The smallest absolute Gasteiger partial charge is 0.258 e. The Kier molecular flexibility index (Phi) is 4.02. The first-order chi connectivity index (χ1) is 11.5. The number of nitro groups is 1. The zero-order valence-electron chi connectivity index (χ0n) is 12.7. The van der Waals surface area contributed by atoms with Gasteiger partial charge in [-0.1, -0.05) is 25.1 Å². The largest absolute Gasteiger partial charge is 0.299 e. The third kappa shape index (κ3) is 2.52. The summed E-state index contributed by atoms with van der Waals surface area (Å²) in [4.78, 5) is 10.7. The van der Waals surface area contributed by atoms with E-state index < -0.39 is 20.0 Å². The van der Waals surface area contributed by atoms with Gasteiger partial charge >= 0.3 is 0 Å². The molecule has 0 aliphatic rings. The van der Waals surface area contributed by atoms with Gasteiger partial charge in [-0.2, -0.15) is 10.3 Å². The van der Waals surface area contributed by atoms with Gasteiger partial charge in [0.2, 0.25) is 0 Å². The summed E-state index contributed by atoms with van der Waals surface area (Å²) < 4.78 is 25.9. The fourth-order valence-electron chi connectivity index (χ4n) is 2.73. The fourth-order valence-corrected chi connectivity index (χ4v) is 4.55. The molecule has 0 saturated carbocycles. The molecule has 8 nitrogen and oxygen atoms in total. The highest BCUT2D eigenvalue weighted by atomic mass is 32.2. The number of sulfone groups is 1. The second-order valence-corrected chi connectivity index (χ2v) is 7.34. The monoisotopic (exact) mass is 346 g/mol. The van der Waals surface area contributed by atoms with Crippen LogP contribution >= 0.6 is 0 Å². The van der Waals surface area contributed by atoms with Crippen LogP contribution in [0.2, 0.25) is 0 Å². The van der Waals surface area contributed by atoms with Crippen molar-refractivity contribution in [2.45, 2.75) is 23.5 Å². The molecule has 1 aromatic heterocycles. The van der Waals surface area contributed by atoms with E-state index in [-0.39, 0.29) is 21.6 Å². The summed E-state index contributed by atoms with van der Waals surface area (Å²) in [5.41, 5.74) is 0.444. The van der Waals surface area contributed by atoms with Crippen molar-refractivity contribution in [1.82, 2.24) is 15.4 Å². The first-order valence-corrected chi connectivity index (χ1v) is 8.78. The van der Waals surface area contributed by atoms with Crippen molar-refractivity contribution in [3.8, 4) is 0 Å². The Balaban J connectivity index is 2.20. The molecule has 3 rings (SSSR count). The second-order valence-electron chi connectivity index (χ2n) is 5.21. The molecule has 1 N–H and O–H groups in total. The molecule has 0 amide bonds. The number of nitro benzene ring substituents is 1. The molecular formula is C15H14N4O4S. The molecule has 1 atom stereocenters. The molecule has 3 aromatic rings. The van der Waals surface area contributed by atoms with Crippen molar-refractivity contribution < 1.29 is 13.3 Å². The number of hydrogen-bond acceptors (Lipinski definition) is 6. The summed E-state index contributed by atoms with van der Waals surface area (Å²) in [5.74, 6) is 0. The Morgan fingerprint density at radius 1 is 1.12 bits per heavy atom. The van der Waals surface area contributed by atoms with E-state index in [0.29, 0.717) is 12.0 Å². The molecule has 1 unspecified atom stereocenters. The molecule has 1 heterocycles. The van der Waals surface area contributed by atoms with E-state index in [1.54, 1.807) is 25.1 Å². The highest BCUT2D eigenvalue weighted by Crippen LogP contribution is 2.36. The number of nitrogens with zero attached hydrogens (tertiary/aromatic N) is 3. The zero-order valence-corrected chi connectivity index (χ0v) is 13.5. The van der Waals surface area contributed by atoms with Crippen LogP contribution < -0.4 is 0 Å². The Morgan fingerprint density at radius 2 is 1.79 bits per heavy atom. The summed E-state index contributed by atoms with van der Waals surface area (Å²) in [5, 5.41) is 20.3. The van der Waals surface area contributed by atoms with Crippen molar-refractivity contribution in [2.24, 2.45) is 0 Å². The number of nitrogens with one attached hydrogen (secondary N) is 1. The quantitative estimate of drug-likeness (QED) is 0.560. The number of rotatable bonds is 5. The molecular weight excluding hydrogens is 332 g/mol. The average molecular weight is 346 g/mol. The lowest BCUT2D eigenvalue weighted by atomic mass is 10.1. The molecule has 2 aromatic carbocycles. The Labute approximate surface area is 137 Å². The van der Waals surface area contributed by atoms with E-state index in [9.17, 15) is 18.5 Å². The molecule has 0 spiro atoms. The maximum absolute atomic E-state index is 13.0. The van der Waals surface area contributed by atoms with Gasteiger partial charge in [-0.15, -0.1) is 5.10 Å². The number of benzene rings is 2. The molecule has 0 fully saturated rings. The van der Waals surface area contributed by atoms with Crippen LogP contribution in [0.5, 0.6) is 0 Å². The molecule has 124 valence electrons. The first kappa shape index (κ1) is 16.1. The summed E-state index contributed by atoms with van der Waals surface area (Å²) in [6, 6.07) is 10.8. The second kappa shape index (κ2) is 6.00. The van der Waals surface area contributed by atoms with Crippen LogP contribution in [-0.2, 0) is 9.84 Å². The van der Waals surface area contributed by atoms with Crippen LogP contribution in [0.25, 0.3) is 11.0 Å². The van der Waals surface area contributed by atoms with Gasteiger partial charge in [-0.3, -0.25) is 10.1 Å². The van der Waals surface area contributed by atoms with Gasteiger partial charge in [0.05, 0.1) is 15.1 Å². The Hall–Kier alpha value is -2.81. The minimum absolute atomic E-state index is 0.0548. The number of hydrogen-bond donors (Lipinski definition) is 1. The topological polar surface area (TPSA) is 119 Å². The van der Waals surface area contributed by atoms with E-state index in [4.69, 9.17) is 0 Å². The van der Waals surface area contributed by atoms with Gasteiger partial charge in [-0.05, 0) is 24.6 Å². The van der Waals surface area contributed by atoms with Gasteiger partial charge in [0.25, 0.3) is 5.69 Å². The molecule has 0 radical (unpaired) electrons. The highest BCUT2D eigenvalue weighted by Gasteiger charge is 2.31. The number of fused-ring (bicyclic) bond motifs is 1. The minimum Gasteiger partial charge on any atom is -0.258 e. The van der Waals surface area contributed by atoms with Crippen molar-refractivity contribution in [1.29, 1.82) is 0 Å². The fraction of sp³-hybridized carbons (Fsp3) is 0.200. The van der Waals surface area contributed by atoms with Crippen molar-refractivity contribution >= 4 is 26.6 Å². The maximum Gasteiger partial charge on any atom is 0.299 e. The summed E-state index contributed by atoms with van der Waals surface area (Å²) in [6.45, 7) is 1.75. The van der Waals surface area contributed by atoms with Gasteiger partial charge in [0, 0.05) is 11.6 Å². The minimum atomic E-state index is -3.66. The Bertz CT molecular complexity index is 999. The van der Waals surface area contributed by atoms with Gasteiger partial charge in [0.1, 0.15) is 5.52 Å². The van der Waals surface area contributed by atoms with Crippen LogP contribution in [0, 0.1) is 10.1 Å². The van der Waals surface area contributed by atoms with Crippen molar-refractivity contribution in [2.75, 3.05) is 0 Å². The van der Waals surface area contributed by atoms with Gasteiger partial charge in [-0.25, -0.2) is 8.42 Å². The summed E-state index contributed by atoms with van der Waals surface area (Å²) >= 11 is 0. The summed E-state index contributed by atoms with van der Waals surface area (Å²) in [6.07, 6.45) is 0.303. The number of aromatic nitrogens is 3. The zero-order chi connectivity index (χ0) is 17.3.